The van der Waals surface area contributed by atoms with Crippen LogP contribution >= 0.6 is 0 Å². The Balaban J connectivity index is 2.02. The largest absolute Gasteiger partial charge is 0.497 e. The molecule has 0 unspecified atom stereocenters. The monoisotopic (exact) mass is 341 g/mol. The molecule has 2 amide bonds. The minimum absolute atomic E-state index is 0.126. The second-order valence-corrected chi connectivity index (χ2v) is 5.69. The number of benzene rings is 2. The van der Waals surface area contributed by atoms with Gasteiger partial charge in [0.15, 0.2) is 0 Å². The van der Waals surface area contributed by atoms with Gasteiger partial charge in [0, 0.05) is 24.3 Å². The van der Waals surface area contributed by atoms with Crippen molar-refractivity contribution in [2.45, 2.75) is 19.8 Å². The predicted octanol–water partition coefficient (Wildman–Crippen LogP) is 2.47. The van der Waals surface area contributed by atoms with E-state index in [1.54, 1.807) is 19.2 Å². The summed E-state index contributed by atoms with van der Waals surface area (Å²) in [7, 11) is 1.60. The van der Waals surface area contributed by atoms with E-state index in [9.17, 15) is 9.59 Å². The maximum absolute atomic E-state index is 12.3. The Kier molecular flexibility index (Phi) is 6.54. The Labute approximate surface area is 147 Å². The van der Waals surface area contributed by atoms with Crippen LogP contribution in [0.3, 0.4) is 0 Å². The first-order valence-corrected chi connectivity index (χ1v) is 8.05. The minimum atomic E-state index is -0.151. The van der Waals surface area contributed by atoms with E-state index in [2.05, 4.69) is 10.6 Å². The number of rotatable bonds is 7. The standard InChI is InChI=1S/C19H23N3O3/c1-13-3-6-15(21-18(23)9-10-20)12-17(13)22-19(24)11-14-4-7-16(25-2)8-5-14/h3-8,12H,9-11,20H2,1-2H3,(H,21,23)(H,22,24). The van der Waals surface area contributed by atoms with Crippen molar-refractivity contribution < 1.29 is 14.3 Å². The molecular formula is C19H23N3O3. The van der Waals surface area contributed by atoms with E-state index in [1.807, 2.05) is 37.3 Å². The molecule has 6 heteroatoms. The average molecular weight is 341 g/mol. The zero-order valence-corrected chi connectivity index (χ0v) is 14.5. The summed E-state index contributed by atoms with van der Waals surface area (Å²) < 4.78 is 5.10. The minimum Gasteiger partial charge on any atom is -0.497 e. The lowest BCUT2D eigenvalue weighted by Gasteiger charge is -2.12. The molecule has 0 aliphatic heterocycles. The summed E-state index contributed by atoms with van der Waals surface area (Å²) in [5, 5.41) is 5.65. The highest BCUT2D eigenvalue weighted by atomic mass is 16.5. The quantitative estimate of drug-likeness (QED) is 0.721. The lowest BCUT2D eigenvalue weighted by Crippen LogP contribution is -2.17. The smallest absolute Gasteiger partial charge is 0.228 e. The van der Waals surface area contributed by atoms with E-state index in [-0.39, 0.29) is 24.7 Å². The van der Waals surface area contributed by atoms with Crippen molar-refractivity contribution in [3.8, 4) is 5.75 Å². The predicted molar refractivity (Wildman–Crippen MR) is 98.8 cm³/mol. The first-order valence-electron chi connectivity index (χ1n) is 8.05. The first kappa shape index (κ1) is 18.5. The van der Waals surface area contributed by atoms with Crippen LogP contribution in [0, 0.1) is 6.92 Å². The number of methoxy groups -OCH3 is 1. The van der Waals surface area contributed by atoms with Gasteiger partial charge in [-0.1, -0.05) is 18.2 Å². The molecule has 2 aromatic carbocycles. The van der Waals surface area contributed by atoms with Gasteiger partial charge >= 0.3 is 0 Å². The molecule has 25 heavy (non-hydrogen) atoms. The third kappa shape index (κ3) is 5.61. The lowest BCUT2D eigenvalue weighted by atomic mass is 10.1. The summed E-state index contributed by atoms with van der Waals surface area (Å²) in [4.78, 5) is 23.9. The maximum Gasteiger partial charge on any atom is 0.228 e. The van der Waals surface area contributed by atoms with Crippen LogP contribution in [0.2, 0.25) is 0 Å². The molecule has 0 atom stereocenters. The molecule has 0 saturated carbocycles. The van der Waals surface area contributed by atoms with Crippen molar-refractivity contribution in [1.29, 1.82) is 0 Å². The Hall–Kier alpha value is -2.86. The topological polar surface area (TPSA) is 93.5 Å². The first-order chi connectivity index (χ1) is 12.0. The summed E-state index contributed by atoms with van der Waals surface area (Å²) >= 11 is 0. The number of hydrogen-bond acceptors (Lipinski definition) is 4. The summed E-state index contributed by atoms with van der Waals surface area (Å²) in [5.74, 6) is 0.474. The number of ether oxygens (including phenoxy) is 1. The highest BCUT2D eigenvalue weighted by Crippen LogP contribution is 2.21. The summed E-state index contributed by atoms with van der Waals surface area (Å²) in [6.45, 7) is 2.19. The highest BCUT2D eigenvalue weighted by molar-refractivity contribution is 5.95. The van der Waals surface area contributed by atoms with Crippen LogP contribution in [-0.4, -0.2) is 25.5 Å². The SMILES string of the molecule is COc1ccc(CC(=O)Nc2cc(NC(=O)CCN)ccc2C)cc1. The molecule has 0 radical (unpaired) electrons. The van der Waals surface area contributed by atoms with Gasteiger partial charge in [-0.15, -0.1) is 0 Å². The van der Waals surface area contributed by atoms with Crippen LogP contribution < -0.4 is 21.1 Å². The molecule has 0 aliphatic rings. The van der Waals surface area contributed by atoms with E-state index < -0.39 is 0 Å². The molecular weight excluding hydrogens is 318 g/mol. The van der Waals surface area contributed by atoms with Gasteiger partial charge in [0.2, 0.25) is 11.8 Å². The van der Waals surface area contributed by atoms with E-state index >= 15 is 0 Å². The third-order valence-corrected chi connectivity index (χ3v) is 3.69. The fraction of sp³-hybridized carbons (Fsp3) is 0.263. The van der Waals surface area contributed by atoms with Crippen LogP contribution in [0.15, 0.2) is 42.5 Å². The molecule has 0 bridgehead atoms. The zero-order chi connectivity index (χ0) is 18.2. The third-order valence-electron chi connectivity index (χ3n) is 3.69. The number of anilines is 2. The number of nitrogens with one attached hydrogen (secondary N) is 2. The van der Waals surface area contributed by atoms with Gasteiger partial charge in [-0.05, 0) is 42.3 Å². The lowest BCUT2D eigenvalue weighted by molar-refractivity contribution is -0.116. The highest BCUT2D eigenvalue weighted by Gasteiger charge is 2.08. The number of aryl methyl sites for hydroxylation is 1. The Morgan fingerprint density at radius 1 is 1.04 bits per heavy atom. The molecule has 0 heterocycles. The van der Waals surface area contributed by atoms with Crippen LogP contribution in [0.1, 0.15) is 17.5 Å². The Bertz CT molecular complexity index is 742. The molecule has 0 spiro atoms. The average Bonchev–Trinajstić information content (AvgIpc) is 2.58. The number of amides is 2. The van der Waals surface area contributed by atoms with Crippen LogP contribution in [-0.2, 0) is 16.0 Å². The molecule has 6 nitrogen and oxygen atoms in total. The van der Waals surface area contributed by atoms with Crippen molar-refractivity contribution in [1.82, 2.24) is 0 Å². The number of nitrogens with two attached hydrogens (primary N) is 1. The zero-order valence-electron chi connectivity index (χ0n) is 14.5. The molecule has 132 valence electrons. The van der Waals surface area contributed by atoms with E-state index in [0.29, 0.717) is 17.9 Å². The van der Waals surface area contributed by atoms with E-state index in [1.165, 1.54) is 0 Å². The number of hydrogen-bond donors (Lipinski definition) is 3. The van der Waals surface area contributed by atoms with Gasteiger partial charge in [-0.25, -0.2) is 0 Å². The van der Waals surface area contributed by atoms with Crippen LogP contribution in [0.4, 0.5) is 11.4 Å². The van der Waals surface area contributed by atoms with Gasteiger partial charge in [-0.3, -0.25) is 9.59 Å². The molecule has 0 fully saturated rings. The second kappa shape index (κ2) is 8.84. The fourth-order valence-corrected chi connectivity index (χ4v) is 2.31. The maximum atomic E-state index is 12.3. The van der Waals surface area contributed by atoms with Crippen molar-refractivity contribution >= 4 is 23.2 Å². The van der Waals surface area contributed by atoms with Crippen LogP contribution in [0.25, 0.3) is 0 Å². The molecule has 4 N–H and O–H groups in total. The molecule has 0 aromatic heterocycles. The fourth-order valence-electron chi connectivity index (χ4n) is 2.31. The summed E-state index contributed by atoms with van der Waals surface area (Å²) in [5.41, 5.74) is 8.48. The van der Waals surface area contributed by atoms with Crippen molar-refractivity contribution in [3.63, 3.8) is 0 Å². The Morgan fingerprint density at radius 2 is 1.76 bits per heavy atom. The van der Waals surface area contributed by atoms with Crippen LogP contribution in [0.5, 0.6) is 5.75 Å². The van der Waals surface area contributed by atoms with Gasteiger partial charge in [0.05, 0.1) is 13.5 Å². The number of carbonyl (C=O) groups excluding carboxylic acids is 2. The second-order valence-electron chi connectivity index (χ2n) is 5.69. The van der Waals surface area contributed by atoms with Gasteiger partial charge in [-0.2, -0.15) is 0 Å². The molecule has 2 rings (SSSR count). The molecule has 2 aromatic rings. The van der Waals surface area contributed by atoms with Gasteiger partial charge in [0.1, 0.15) is 5.75 Å². The van der Waals surface area contributed by atoms with Crippen molar-refractivity contribution in [3.05, 3.63) is 53.6 Å². The van der Waals surface area contributed by atoms with E-state index in [4.69, 9.17) is 10.5 Å². The van der Waals surface area contributed by atoms with Crippen molar-refractivity contribution in [2.24, 2.45) is 5.73 Å². The summed E-state index contributed by atoms with van der Waals surface area (Å²) in [6, 6.07) is 12.7. The summed E-state index contributed by atoms with van der Waals surface area (Å²) in [6.07, 6.45) is 0.514. The van der Waals surface area contributed by atoms with Gasteiger partial charge in [0.25, 0.3) is 0 Å². The van der Waals surface area contributed by atoms with E-state index in [0.717, 1.165) is 16.9 Å². The van der Waals surface area contributed by atoms with Crippen molar-refractivity contribution in [2.75, 3.05) is 24.3 Å². The normalized spacial score (nSPS) is 10.2. The molecule has 0 saturated heterocycles. The Morgan fingerprint density at radius 3 is 2.40 bits per heavy atom. The van der Waals surface area contributed by atoms with Gasteiger partial charge < -0.3 is 21.1 Å². The molecule has 0 aliphatic carbocycles. The number of carbonyl (C=O) groups is 2.